The number of aryl methyl sites for hydroxylation is 1. The first-order valence-corrected chi connectivity index (χ1v) is 9.92. The van der Waals surface area contributed by atoms with Crippen LogP contribution in [0, 0.1) is 6.92 Å². The number of hydrogen-bond donors (Lipinski definition) is 0. The highest BCUT2D eigenvalue weighted by molar-refractivity contribution is 7.13. The van der Waals surface area contributed by atoms with Gasteiger partial charge in [-0.1, -0.05) is 26.0 Å². The van der Waals surface area contributed by atoms with Crippen LogP contribution in [0.3, 0.4) is 0 Å². The average Bonchev–Trinajstić information content (AvgIpc) is 3.02. The molecule has 0 unspecified atom stereocenters. The molecule has 0 saturated heterocycles. The lowest BCUT2D eigenvalue weighted by atomic mass is 10.1. The summed E-state index contributed by atoms with van der Waals surface area (Å²) in [6.07, 6.45) is -4.44. The molecule has 0 N–H and O–H groups in total. The highest BCUT2D eigenvalue weighted by Crippen LogP contribution is 2.30. The first kappa shape index (κ1) is 22.9. The summed E-state index contributed by atoms with van der Waals surface area (Å²) in [4.78, 5) is 31.1. The summed E-state index contributed by atoms with van der Waals surface area (Å²) in [7, 11) is 0. The molecule has 0 saturated carbocycles. The van der Waals surface area contributed by atoms with E-state index in [2.05, 4.69) is 4.98 Å². The van der Waals surface area contributed by atoms with Crippen molar-refractivity contribution in [3.63, 3.8) is 0 Å². The molecular weight excluding hydrogens is 405 g/mol. The van der Waals surface area contributed by atoms with Crippen molar-refractivity contribution in [2.45, 2.75) is 46.3 Å². The normalized spacial score (nSPS) is 11.6. The Labute approximate surface area is 171 Å². The number of alkyl halides is 3. The largest absolute Gasteiger partial charge is 0.465 e. The lowest BCUT2D eigenvalue weighted by Crippen LogP contribution is -2.36. The minimum atomic E-state index is -4.44. The Morgan fingerprint density at radius 3 is 2.31 bits per heavy atom. The Hall–Kier alpha value is -2.42. The smallest absolute Gasteiger partial charge is 0.416 e. The van der Waals surface area contributed by atoms with Crippen LogP contribution < -0.4 is 0 Å². The summed E-state index contributed by atoms with van der Waals surface area (Å²) in [5, 5.41) is 0.802. The third-order valence-electron chi connectivity index (χ3n) is 4.07. The molecule has 0 aliphatic rings. The molecule has 1 aromatic carbocycles. The van der Waals surface area contributed by atoms with Gasteiger partial charge in [0.15, 0.2) is 0 Å². The molecule has 0 atom stereocenters. The summed E-state index contributed by atoms with van der Waals surface area (Å²) >= 11 is 1.26. The first-order valence-electron chi connectivity index (χ1n) is 9.11. The van der Waals surface area contributed by atoms with Crippen molar-refractivity contribution in [3.8, 4) is 0 Å². The van der Waals surface area contributed by atoms with Gasteiger partial charge < -0.3 is 9.64 Å². The van der Waals surface area contributed by atoms with Gasteiger partial charge in [0, 0.05) is 12.5 Å². The molecule has 29 heavy (non-hydrogen) atoms. The number of halogens is 3. The molecule has 2 rings (SSSR count). The minimum Gasteiger partial charge on any atom is -0.465 e. The van der Waals surface area contributed by atoms with Crippen molar-refractivity contribution < 1.29 is 27.5 Å². The molecule has 1 amide bonds. The fraction of sp³-hybridized carbons (Fsp3) is 0.450. The van der Waals surface area contributed by atoms with E-state index in [1.165, 1.54) is 28.4 Å². The zero-order valence-electron chi connectivity index (χ0n) is 16.7. The summed E-state index contributed by atoms with van der Waals surface area (Å²) < 4.78 is 43.2. The summed E-state index contributed by atoms with van der Waals surface area (Å²) in [5.41, 5.74) is 0.260. The predicted molar refractivity (Wildman–Crippen MR) is 104 cm³/mol. The topological polar surface area (TPSA) is 59.5 Å². The Morgan fingerprint density at radius 2 is 1.83 bits per heavy atom. The molecule has 1 aromatic heterocycles. The predicted octanol–water partition coefficient (Wildman–Crippen LogP) is 4.80. The molecule has 0 aliphatic heterocycles. The van der Waals surface area contributed by atoms with Gasteiger partial charge in [0.05, 0.1) is 22.9 Å². The Bertz CT molecular complexity index is 861. The number of nitrogens with zero attached hydrogens (tertiary/aromatic N) is 2. The van der Waals surface area contributed by atoms with Crippen LogP contribution >= 0.6 is 11.3 Å². The van der Waals surface area contributed by atoms with Crippen LogP contribution in [0.4, 0.5) is 13.2 Å². The van der Waals surface area contributed by atoms with E-state index in [9.17, 15) is 22.8 Å². The Kier molecular flexibility index (Phi) is 7.40. The van der Waals surface area contributed by atoms with Crippen LogP contribution in [-0.2, 0) is 22.3 Å². The maximum atomic E-state index is 13.1. The van der Waals surface area contributed by atoms with E-state index in [4.69, 9.17) is 4.74 Å². The average molecular weight is 428 g/mol. The van der Waals surface area contributed by atoms with E-state index in [0.717, 1.165) is 17.1 Å². The fourth-order valence-electron chi connectivity index (χ4n) is 2.59. The molecule has 2 aromatic rings. The van der Waals surface area contributed by atoms with E-state index in [1.54, 1.807) is 13.8 Å². The number of aromatic nitrogens is 1. The molecular formula is C20H23F3N2O3S. The Morgan fingerprint density at radius 1 is 1.21 bits per heavy atom. The number of ether oxygens (including phenoxy) is 1. The van der Waals surface area contributed by atoms with Crippen molar-refractivity contribution >= 4 is 23.2 Å². The van der Waals surface area contributed by atoms with Crippen molar-refractivity contribution in [2.24, 2.45) is 0 Å². The van der Waals surface area contributed by atoms with Gasteiger partial charge in [-0.3, -0.25) is 9.59 Å². The van der Waals surface area contributed by atoms with Crippen molar-refractivity contribution in [1.82, 2.24) is 9.88 Å². The van der Waals surface area contributed by atoms with E-state index >= 15 is 0 Å². The van der Waals surface area contributed by atoms with Gasteiger partial charge in [-0.15, -0.1) is 11.3 Å². The molecule has 1 heterocycles. The zero-order chi connectivity index (χ0) is 21.8. The van der Waals surface area contributed by atoms with Crippen LogP contribution in [-0.4, -0.2) is 34.9 Å². The Balaban J connectivity index is 2.29. The number of rotatable bonds is 7. The lowest BCUT2D eigenvalue weighted by Gasteiger charge is -2.21. The number of thiazole rings is 1. The van der Waals surface area contributed by atoms with Crippen molar-refractivity contribution in [2.75, 3.05) is 13.2 Å². The van der Waals surface area contributed by atoms with Crippen LogP contribution in [0.5, 0.6) is 0 Å². The van der Waals surface area contributed by atoms with Gasteiger partial charge in [0.1, 0.15) is 11.4 Å². The third kappa shape index (κ3) is 6.03. The maximum absolute atomic E-state index is 13.1. The monoisotopic (exact) mass is 428 g/mol. The molecule has 0 spiro atoms. The number of amides is 1. The second-order valence-corrected chi connectivity index (χ2v) is 7.81. The number of hydrogen-bond acceptors (Lipinski definition) is 5. The van der Waals surface area contributed by atoms with E-state index in [-0.39, 0.29) is 25.6 Å². The van der Waals surface area contributed by atoms with Gasteiger partial charge in [-0.2, -0.15) is 13.2 Å². The molecule has 5 nitrogen and oxygen atoms in total. The SMILES string of the molecule is CCOC(=O)CN(Cc1ccc(C(F)(F)F)cc1)C(=O)c1sc(C(C)C)nc1C. The fourth-order valence-corrected chi connectivity index (χ4v) is 3.62. The van der Waals surface area contributed by atoms with Crippen LogP contribution in [0.1, 0.15) is 58.2 Å². The molecule has 0 radical (unpaired) electrons. The van der Waals surface area contributed by atoms with E-state index < -0.39 is 23.6 Å². The maximum Gasteiger partial charge on any atom is 0.416 e. The van der Waals surface area contributed by atoms with Gasteiger partial charge in [-0.25, -0.2) is 4.98 Å². The molecule has 158 valence electrons. The van der Waals surface area contributed by atoms with E-state index in [0.29, 0.717) is 16.1 Å². The van der Waals surface area contributed by atoms with Crippen LogP contribution in [0.2, 0.25) is 0 Å². The molecule has 9 heteroatoms. The minimum absolute atomic E-state index is 0.0237. The summed E-state index contributed by atoms with van der Waals surface area (Å²) in [6, 6.07) is 4.51. The van der Waals surface area contributed by atoms with Crippen molar-refractivity contribution in [3.05, 3.63) is 51.0 Å². The summed E-state index contributed by atoms with van der Waals surface area (Å²) in [6.45, 7) is 7.14. The van der Waals surface area contributed by atoms with Crippen molar-refractivity contribution in [1.29, 1.82) is 0 Å². The van der Waals surface area contributed by atoms with Gasteiger partial charge in [0.25, 0.3) is 5.91 Å². The zero-order valence-corrected chi connectivity index (χ0v) is 17.5. The van der Waals surface area contributed by atoms with Gasteiger partial charge >= 0.3 is 12.1 Å². The molecule has 0 bridgehead atoms. The number of esters is 1. The van der Waals surface area contributed by atoms with Crippen LogP contribution in [0.15, 0.2) is 24.3 Å². The van der Waals surface area contributed by atoms with Gasteiger partial charge in [0.2, 0.25) is 0 Å². The summed E-state index contributed by atoms with van der Waals surface area (Å²) in [5.74, 6) is -0.840. The highest BCUT2D eigenvalue weighted by atomic mass is 32.1. The van der Waals surface area contributed by atoms with Crippen LogP contribution in [0.25, 0.3) is 0 Å². The van der Waals surface area contributed by atoms with Gasteiger partial charge in [-0.05, 0) is 31.5 Å². The lowest BCUT2D eigenvalue weighted by molar-refractivity contribution is -0.144. The quantitative estimate of drug-likeness (QED) is 0.595. The number of carbonyl (C=O) groups is 2. The number of benzene rings is 1. The second-order valence-electron chi connectivity index (χ2n) is 6.78. The highest BCUT2D eigenvalue weighted by Gasteiger charge is 2.30. The standard InChI is InChI=1S/C20H23F3N2O3S/c1-5-28-16(26)11-25(10-14-6-8-15(9-7-14)20(21,22)23)19(27)17-13(4)24-18(29-17)12(2)3/h6-9,12H,5,10-11H2,1-4H3. The molecule has 0 fully saturated rings. The van der Waals surface area contributed by atoms with E-state index in [1.807, 2.05) is 13.8 Å². The first-order chi connectivity index (χ1) is 13.5. The third-order valence-corrected chi connectivity index (χ3v) is 5.51. The second kappa shape index (κ2) is 9.39. The molecule has 0 aliphatic carbocycles. The number of carbonyl (C=O) groups excluding carboxylic acids is 2.